The Morgan fingerprint density at radius 1 is 1.18 bits per heavy atom. The quantitative estimate of drug-likeness (QED) is 0.760. The zero-order chi connectivity index (χ0) is 12.6. The normalized spacial score (nSPS) is 33.2. The SMILES string of the molecule is C=C(C(=O)C1CC2CCCC(C1)N2)C(F)(F)F. The van der Waals surface area contributed by atoms with E-state index in [2.05, 4.69) is 11.9 Å². The van der Waals surface area contributed by atoms with Gasteiger partial charge < -0.3 is 5.32 Å². The summed E-state index contributed by atoms with van der Waals surface area (Å²) < 4.78 is 37.2. The standard InChI is InChI=1S/C12H16F3NO/c1-7(12(13,14)15)11(17)8-5-9-3-2-4-10(6-8)16-9/h8-10,16H,1-6H2. The van der Waals surface area contributed by atoms with Crippen molar-refractivity contribution in [2.75, 3.05) is 0 Å². The van der Waals surface area contributed by atoms with E-state index in [9.17, 15) is 18.0 Å². The van der Waals surface area contributed by atoms with E-state index in [0.29, 0.717) is 12.8 Å². The molecule has 2 rings (SSSR count). The third-order valence-electron chi connectivity index (χ3n) is 3.73. The van der Waals surface area contributed by atoms with E-state index in [1.54, 1.807) is 0 Å². The van der Waals surface area contributed by atoms with Crippen molar-refractivity contribution in [2.45, 2.75) is 50.4 Å². The Labute approximate surface area is 98.3 Å². The first-order valence-electron chi connectivity index (χ1n) is 5.94. The molecule has 1 N–H and O–H groups in total. The molecule has 2 atom stereocenters. The molecule has 2 unspecified atom stereocenters. The van der Waals surface area contributed by atoms with Gasteiger partial charge in [0.25, 0.3) is 0 Å². The van der Waals surface area contributed by atoms with E-state index < -0.39 is 23.5 Å². The zero-order valence-corrected chi connectivity index (χ0v) is 9.52. The number of alkyl halides is 3. The highest BCUT2D eigenvalue weighted by molar-refractivity contribution is 5.97. The van der Waals surface area contributed by atoms with Crippen molar-refractivity contribution in [1.82, 2.24) is 5.32 Å². The molecule has 0 spiro atoms. The number of carbonyl (C=O) groups excluding carboxylic acids is 1. The summed E-state index contributed by atoms with van der Waals surface area (Å²) in [6, 6.07) is 0.412. The van der Waals surface area contributed by atoms with Crippen LogP contribution in [0.3, 0.4) is 0 Å². The Morgan fingerprint density at radius 3 is 2.18 bits per heavy atom. The third-order valence-corrected chi connectivity index (χ3v) is 3.73. The summed E-state index contributed by atoms with van der Waals surface area (Å²) in [5.74, 6) is -1.31. The lowest BCUT2D eigenvalue weighted by atomic mass is 9.77. The molecule has 0 aromatic heterocycles. The topological polar surface area (TPSA) is 29.1 Å². The van der Waals surface area contributed by atoms with Gasteiger partial charge in [0.15, 0.2) is 5.78 Å². The van der Waals surface area contributed by atoms with Crippen LogP contribution in [0, 0.1) is 5.92 Å². The summed E-state index contributed by atoms with van der Waals surface area (Å²) in [5, 5.41) is 3.35. The minimum atomic E-state index is -4.59. The second-order valence-corrected chi connectivity index (χ2v) is 5.00. The van der Waals surface area contributed by atoms with Gasteiger partial charge in [-0.1, -0.05) is 13.0 Å². The lowest BCUT2D eigenvalue weighted by molar-refractivity contribution is -0.133. The fourth-order valence-corrected chi connectivity index (χ4v) is 2.87. The van der Waals surface area contributed by atoms with Gasteiger partial charge in [-0.2, -0.15) is 13.2 Å². The van der Waals surface area contributed by atoms with Crippen molar-refractivity contribution in [1.29, 1.82) is 0 Å². The minimum absolute atomic E-state index is 0.206. The molecule has 0 aliphatic carbocycles. The molecule has 5 heteroatoms. The lowest BCUT2D eigenvalue weighted by Crippen LogP contribution is -2.50. The largest absolute Gasteiger partial charge is 0.419 e. The summed E-state index contributed by atoms with van der Waals surface area (Å²) in [6.45, 7) is 2.90. The first kappa shape index (κ1) is 12.6. The van der Waals surface area contributed by atoms with Gasteiger partial charge in [0.05, 0.1) is 5.57 Å². The van der Waals surface area contributed by atoms with Crippen molar-refractivity contribution in [3.05, 3.63) is 12.2 Å². The average Bonchev–Trinajstić information content (AvgIpc) is 2.25. The maximum absolute atomic E-state index is 12.4. The summed E-state index contributed by atoms with van der Waals surface area (Å²) in [6.07, 6.45) is -0.535. The van der Waals surface area contributed by atoms with Crippen molar-refractivity contribution >= 4 is 5.78 Å². The van der Waals surface area contributed by atoms with Gasteiger partial charge in [-0.3, -0.25) is 4.79 Å². The van der Waals surface area contributed by atoms with E-state index in [0.717, 1.165) is 19.3 Å². The molecule has 0 saturated carbocycles. The van der Waals surface area contributed by atoms with Crippen LogP contribution in [-0.2, 0) is 4.79 Å². The number of nitrogens with one attached hydrogen (secondary N) is 1. The van der Waals surface area contributed by atoms with Gasteiger partial charge in [-0.15, -0.1) is 0 Å². The smallest absolute Gasteiger partial charge is 0.311 e. The number of rotatable bonds is 2. The van der Waals surface area contributed by atoms with Gasteiger partial charge in [-0.25, -0.2) is 0 Å². The van der Waals surface area contributed by atoms with Crippen molar-refractivity contribution in [2.24, 2.45) is 5.92 Å². The molecular weight excluding hydrogens is 231 g/mol. The zero-order valence-electron chi connectivity index (χ0n) is 9.52. The number of Topliss-reactive ketones (excluding diaryl/α,β-unsaturated/α-hetero) is 1. The van der Waals surface area contributed by atoms with Crippen LogP contribution < -0.4 is 5.32 Å². The molecular formula is C12H16F3NO. The van der Waals surface area contributed by atoms with E-state index >= 15 is 0 Å². The molecule has 2 heterocycles. The van der Waals surface area contributed by atoms with Gasteiger partial charge in [0, 0.05) is 18.0 Å². The number of hydrogen-bond donors (Lipinski definition) is 1. The van der Waals surface area contributed by atoms with E-state index in [1.165, 1.54) is 0 Å². The Kier molecular flexibility index (Phi) is 3.30. The Balaban J connectivity index is 2.03. The number of halogens is 3. The maximum Gasteiger partial charge on any atom is 0.419 e. The fraction of sp³-hybridized carbons (Fsp3) is 0.750. The molecule has 2 nitrogen and oxygen atoms in total. The Morgan fingerprint density at radius 2 is 1.71 bits per heavy atom. The highest BCUT2D eigenvalue weighted by Crippen LogP contribution is 2.34. The van der Waals surface area contributed by atoms with Crippen LogP contribution in [-0.4, -0.2) is 24.0 Å². The first-order chi connectivity index (χ1) is 7.88. The molecule has 2 bridgehead atoms. The van der Waals surface area contributed by atoms with E-state index in [1.807, 2.05) is 0 Å². The number of fused-ring (bicyclic) bond motifs is 2. The molecule has 0 aromatic rings. The number of ketones is 1. The highest BCUT2D eigenvalue weighted by Gasteiger charge is 2.42. The fourth-order valence-electron chi connectivity index (χ4n) is 2.87. The van der Waals surface area contributed by atoms with Crippen LogP contribution in [0.5, 0.6) is 0 Å². The maximum atomic E-state index is 12.4. The van der Waals surface area contributed by atoms with E-state index in [4.69, 9.17) is 0 Å². The van der Waals surface area contributed by atoms with Crippen LogP contribution in [0.2, 0.25) is 0 Å². The lowest BCUT2D eigenvalue weighted by Gasteiger charge is -2.40. The van der Waals surface area contributed by atoms with Gasteiger partial charge >= 0.3 is 6.18 Å². The predicted octanol–water partition coefficient (Wildman–Crippen LogP) is 2.59. The summed E-state index contributed by atoms with van der Waals surface area (Å²) in [5.41, 5.74) is -1.19. The molecule has 0 aromatic carbocycles. The molecule has 2 saturated heterocycles. The number of piperidine rings is 2. The molecule has 2 aliphatic rings. The van der Waals surface area contributed by atoms with Crippen LogP contribution in [0.25, 0.3) is 0 Å². The van der Waals surface area contributed by atoms with Crippen molar-refractivity contribution < 1.29 is 18.0 Å². The van der Waals surface area contributed by atoms with Crippen LogP contribution in [0.15, 0.2) is 12.2 Å². The van der Waals surface area contributed by atoms with Gasteiger partial charge in [0.1, 0.15) is 0 Å². The summed E-state index contributed by atoms with van der Waals surface area (Å²) in [4.78, 5) is 11.7. The number of allylic oxidation sites excluding steroid dienone is 1. The molecule has 96 valence electrons. The highest BCUT2D eigenvalue weighted by atomic mass is 19.4. The second-order valence-electron chi connectivity index (χ2n) is 5.00. The number of hydrogen-bond acceptors (Lipinski definition) is 2. The first-order valence-corrected chi connectivity index (χ1v) is 5.94. The van der Waals surface area contributed by atoms with Gasteiger partial charge in [-0.05, 0) is 25.7 Å². The predicted molar refractivity (Wildman–Crippen MR) is 57.5 cm³/mol. The monoisotopic (exact) mass is 247 g/mol. The van der Waals surface area contributed by atoms with Crippen molar-refractivity contribution in [3.8, 4) is 0 Å². The van der Waals surface area contributed by atoms with Crippen LogP contribution in [0.1, 0.15) is 32.1 Å². The average molecular weight is 247 g/mol. The Bertz CT molecular complexity index is 325. The Hall–Kier alpha value is -0.840. The summed E-state index contributed by atoms with van der Waals surface area (Å²) >= 11 is 0. The molecule has 17 heavy (non-hydrogen) atoms. The molecule has 0 amide bonds. The molecule has 2 aliphatic heterocycles. The second kappa shape index (κ2) is 4.44. The minimum Gasteiger partial charge on any atom is -0.311 e. The van der Waals surface area contributed by atoms with Crippen LogP contribution in [0.4, 0.5) is 13.2 Å². The molecule has 2 fully saturated rings. The summed E-state index contributed by atoms with van der Waals surface area (Å²) in [7, 11) is 0. The third kappa shape index (κ3) is 2.70. The van der Waals surface area contributed by atoms with Crippen LogP contribution >= 0.6 is 0 Å². The van der Waals surface area contributed by atoms with Gasteiger partial charge in [0.2, 0.25) is 0 Å². The van der Waals surface area contributed by atoms with E-state index in [-0.39, 0.29) is 12.1 Å². The number of carbonyl (C=O) groups is 1. The molecule has 0 radical (unpaired) electrons. The van der Waals surface area contributed by atoms with Crippen molar-refractivity contribution in [3.63, 3.8) is 0 Å².